The fraction of sp³-hybridized carbons (Fsp3) is 0.600. The van der Waals surface area contributed by atoms with Gasteiger partial charge in [0.15, 0.2) is 5.69 Å². The van der Waals surface area contributed by atoms with Gasteiger partial charge in [0, 0.05) is 37.2 Å². The smallest absolute Gasteiger partial charge is 0.300 e. The molecule has 2 aromatic rings. The lowest BCUT2D eigenvalue weighted by Crippen LogP contribution is -2.40. The van der Waals surface area contributed by atoms with Crippen molar-refractivity contribution >= 4 is 0 Å². The zero-order valence-corrected chi connectivity index (χ0v) is 18.0. The highest BCUT2D eigenvalue weighted by atomic mass is 19.4. The van der Waals surface area contributed by atoms with Crippen molar-refractivity contribution in [2.75, 3.05) is 0 Å². The normalized spacial score (nSPS) is 12.7. The zero-order chi connectivity index (χ0) is 22.5. The highest BCUT2D eigenvalue weighted by Crippen LogP contribution is 2.36. The van der Waals surface area contributed by atoms with Crippen LogP contribution in [0.3, 0.4) is 0 Å². The van der Waals surface area contributed by atoms with Gasteiger partial charge in [-0.2, -0.15) is 13.2 Å². The van der Waals surface area contributed by atoms with Crippen molar-refractivity contribution in [3.63, 3.8) is 0 Å². The van der Waals surface area contributed by atoms with Gasteiger partial charge in [0.25, 0.3) is 11.1 Å². The van der Waals surface area contributed by atoms with Gasteiger partial charge in [0.2, 0.25) is 0 Å². The molecule has 160 valence electrons. The maximum absolute atomic E-state index is 13.7. The third-order valence-electron chi connectivity index (χ3n) is 5.25. The summed E-state index contributed by atoms with van der Waals surface area (Å²) in [5, 5.41) is 0. The molecule has 0 bridgehead atoms. The van der Waals surface area contributed by atoms with Gasteiger partial charge in [-0.15, -0.1) is 0 Å². The van der Waals surface area contributed by atoms with Crippen molar-refractivity contribution in [2.45, 2.75) is 65.5 Å². The second kappa shape index (κ2) is 7.42. The van der Waals surface area contributed by atoms with Crippen LogP contribution in [-0.2, 0) is 32.1 Å². The third-order valence-corrected chi connectivity index (χ3v) is 5.25. The first kappa shape index (κ1) is 22.8. The fourth-order valence-corrected chi connectivity index (χ4v) is 3.61. The molecule has 0 saturated carbocycles. The Hall–Kier alpha value is -2.45. The summed E-state index contributed by atoms with van der Waals surface area (Å²) in [4.78, 5) is 33.7. The zero-order valence-electron chi connectivity index (χ0n) is 18.0. The molecular weight excluding hydrogens is 385 g/mol. The van der Waals surface area contributed by atoms with E-state index in [1.807, 2.05) is 13.8 Å². The number of aromatic nitrogens is 4. The van der Waals surface area contributed by atoms with E-state index in [9.17, 15) is 22.8 Å². The van der Waals surface area contributed by atoms with E-state index in [2.05, 4.69) is 9.97 Å². The molecule has 9 heteroatoms. The first-order chi connectivity index (χ1) is 13.1. The molecule has 0 fully saturated rings. The molecule has 0 aliphatic rings. The second-order valence-electron chi connectivity index (χ2n) is 8.35. The molecule has 0 unspecified atom stereocenters. The summed E-state index contributed by atoms with van der Waals surface area (Å²) in [5.41, 5.74) is -2.76. The molecular formula is C20H27F3N4O2. The Morgan fingerprint density at radius 3 is 2.00 bits per heavy atom. The van der Waals surface area contributed by atoms with Gasteiger partial charge in [-0.05, 0) is 19.8 Å². The number of halogens is 3. The van der Waals surface area contributed by atoms with Crippen molar-refractivity contribution in [1.82, 2.24) is 19.1 Å². The molecule has 2 heterocycles. The molecule has 0 atom stereocenters. The number of nitrogens with zero attached hydrogens (tertiary/aromatic N) is 4. The van der Waals surface area contributed by atoms with Crippen LogP contribution in [0.5, 0.6) is 0 Å². The molecule has 29 heavy (non-hydrogen) atoms. The Balaban J connectivity index is 2.72. The summed E-state index contributed by atoms with van der Waals surface area (Å²) >= 11 is 0. The summed E-state index contributed by atoms with van der Waals surface area (Å²) in [5.74, 6) is 0.260. The highest BCUT2D eigenvalue weighted by Gasteiger charge is 2.42. The Morgan fingerprint density at radius 1 is 0.966 bits per heavy atom. The molecule has 0 saturated heterocycles. The highest BCUT2D eigenvalue weighted by molar-refractivity contribution is 5.31. The van der Waals surface area contributed by atoms with Crippen molar-refractivity contribution < 1.29 is 13.2 Å². The van der Waals surface area contributed by atoms with E-state index >= 15 is 0 Å². The van der Waals surface area contributed by atoms with Gasteiger partial charge in [0.1, 0.15) is 11.6 Å². The maximum atomic E-state index is 13.7. The molecule has 0 amide bonds. The monoisotopic (exact) mass is 412 g/mol. The molecule has 0 radical (unpaired) electrons. The number of rotatable bonds is 4. The van der Waals surface area contributed by atoms with Gasteiger partial charge < -0.3 is 0 Å². The lowest BCUT2D eigenvalue weighted by atomic mass is 9.80. The van der Waals surface area contributed by atoms with E-state index in [1.165, 1.54) is 32.4 Å². The van der Waals surface area contributed by atoms with Crippen LogP contribution in [0, 0.1) is 13.8 Å². The minimum absolute atomic E-state index is 0.0236. The number of hydrogen-bond donors (Lipinski definition) is 0. The number of hydrogen-bond acceptors (Lipinski definition) is 4. The summed E-state index contributed by atoms with van der Waals surface area (Å²) in [7, 11) is 2.93. The minimum atomic E-state index is -4.78. The predicted octanol–water partition coefficient (Wildman–Crippen LogP) is 3.15. The SMILES string of the molecule is Cc1nc(CC(C)(C)c2c(C(F)(F)F)nc(C)n(C)c2=O)n(C)c(=O)c1C(C)C. The van der Waals surface area contributed by atoms with Crippen molar-refractivity contribution in [3.8, 4) is 0 Å². The molecule has 0 aromatic carbocycles. The second-order valence-corrected chi connectivity index (χ2v) is 8.35. The molecule has 6 nitrogen and oxygen atoms in total. The van der Waals surface area contributed by atoms with Crippen molar-refractivity contribution in [1.29, 1.82) is 0 Å². The molecule has 0 N–H and O–H groups in total. The quantitative estimate of drug-likeness (QED) is 0.774. The molecule has 2 rings (SSSR count). The number of alkyl halides is 3. The summed E-state index contributed by atoms with van der Waals surface area (Å²) < 4.78 is 43.5. The van der Waals surface area contributed by atoms with Gasteiger partial charge in [-0.1, -0.05) is 27.7 Å². The summed E-state index contributed by atoms with van der Waals surface area (Å²) in [6, 6.07) is 0. The van der Waals surface area contributed by atoms with Crippen LogP contribution < -0.4 is 11.1 Å². The fourth-order valence-electron chi connectivity index (χ4n) is 3.61. The summed E-state index contributed by atoms with van der Waals surface area (Å²) in [6.45, 7) is 9.90. The Labute approximate surface area is 167 Å². The first-order valence-corrected chi connectivity index (χ1v) is 9.31. The van der Waals surface area contributed by atoms with Gasteiger partial charge in [0.05, 0.1) is 5.56 Å². The van der Waals surface area contributed by atoms with Gasteiger partial charge in [-0.25, -0.2) is 9.97 Å². The average molecular weight is 412 g/mol. The Bertz CT molecular complexity index is 1060. The van der Waals surface area contributed by atoms with E-state index in [0.717, 1.165) is 4.57 Å². The van der Waals surface area contributed by atoms with Crippen LogP contribution in [0.2, 0.25) is 0 Å². The van der Waals surface area contributed by atoms with E-state index in [4.69, 9.17) is 0 Å². The topological polar surface area (TPSA) is 69.8 Å². The molecule has 0 spiro atoms. The van der Waals surface area contributed by atoms with E-state index in [-0.39, 0.29) is 23.7 Å². The Kier molecular flexibility index (Phi) is 5.84. The average Bonchev–Trinajstić information content (AvgIpc) is 2.55. The molecule has 0 aliphatic heterocycles. The van der Waals surface area contributed by atoms with E-state index in [0.29, 0.717) is 17.1 Å². The van der Waals surface area contributed by atoms with Crippen molar-refractivity contribution in [3.05, 3.63) is 54.9 Å². The van der Waals surface area contributed by atoms with Crippen LogP contribution in [-0.4, -0.2) is 19.1 Å². The Morgan fingerprint density at radius 2 is 1.52 bits per heavy atom. The first-order valence-electron chi connectivity index (χ1n) is 9.31. The van der Waals surface area contributed by atoms with Gasteiger partial charge >= 0.3 is 6.18 Å². The lowest BCUT2D eigenvalue weighted by Gasteiger charge is -2.28. The minimum Gasteiger partial charge on any atom is -0.300 e. The third kappa shape index (κ3) is 4.13. The maximum Gasteiger partial charge on any atom is 0.433 e. The van der Waals surface area contributed by atoms with E-state index in [1.54, 1.807) is 14.0 Å². The standard InChI is InChI=1S/C20H27F3N4O2/c1-10(2)14-11(3)24-13(27(8)17(14)28)9-19(5,6)15-16(20(21,22)23)25-12(4)26(7)18(15)29/h10H,9H2,1-8H3. The number of aryl methyl sites for hydroxylation is 2. The van der Waals surface area contributed by atoms with Crippen LogP contribution >= 0.6 is 0 Å². The predicted molar refractivity (Wildman–Crippen MR) is 104 cm³/mol. The van der Waals surface area contributed by atoms with Crippen LogP contribution in [0.15, 0.2) is 9.59 Å². The van der Waals surface area contributed by atoms with E-state index < -0.39 is 28.4 Å². The van der Waals surface area contributed by atoms with Crippen LogP contribution in [0.1, 0.15) is 67.8 Å². The summed E-state index contributed by atoms with van der Waals surface area (Å²) in [6.07, 6.45) is -4.80. The molecule has 0 aliphatic carbocycles. The van der Waals surface area contributed by atoms with Crippen LogP contribution in [0.4, 0.5) is 13.2 Å². The van der Waals surface area contributed by atoms with Crippen molar-refractivity contribution in [2.24, 2.45) is 14.1 Å². The molecule has 2 aromatic heterocycles. The lowest BCUT2D eigenvalue weighted by molar-refractivity contribution is -0.142. The largest absolute Gasteiger partial charge is 0.433 e. The van der Waals surface area contributed by atoms with Gasteiger partial charge in [-0.3, -0.25) is 18.7 Å². The van der Waals surface area contributed by atoms with Crippen LogP contribution in [0.25, 0.3) is 0 Å².